The number of thioether (sulfide) groups is 1. The predicted octanol–water partition coefficient (Wildman–Crippen LogP) is 5.79. The Labute approximate surface area is 201 Å². The zero-order valence-electron chi connectivity index (χ0n) is 18.2. The molecule has 0 atom stereocenters. The molecule has 4 aromatic rings. The Kier molecular flexibility index (Phi) is 7.13. The zero-order valence-corrected chi connectivity index (χ0v) is 20.6. The molecule has 10 heteroatoms. The lowest BCUT2D eigenvalue weighted by molar-refractivity contribution is 0.445. The first-order valence-electron chi connectivity index (χ1n) is 10.4. The third-order valence-corrected chi connectivity index (χ3v) is 8.72. The highest BCUT2D eigenvalue weighted by molar-refractivity contribution is 7.98. The van der Waals surface area contributed by atoms with Crippen LogP contribution in [0, 0.1) is 5.82 Å². The molecule has 0 saturated carbocycles. The number of nitrogens with zero attached hydrogens (tertiary/aromatic N) is 3. The number of benzene rings is 2. The Morgan fingerprint density at radius 3 is 2.61 bits per heavy atom. The van der Waals surface area contributed by atoms with Gasteiger partial charge in [-0.3, -0.25) is 0 Å². The fraction of sp³-hybridized carbons (Fsp3) is 0.261. The fourth-order valence-corrected chi connectivity index (χ4v) is 6.37. The van der Waals surface area contributed by atoms with Gasteiger partial charge in [-0.1, -0.05) is 43.3 Å². The van der Waals surface area contributed by atoms with Crippen LogP contribution in [0.3, 0.4) is 0 Å². The zero-order chi connectivity index (χ0) is 23.6. The van der Waals surface area contributed by atoms with Crippen LogP contribution in [0.4, 0.5) is 4.39 Å². The van der Waals surface area contributed by atoms with Crippen molar-refractivity contribution in [2.75, 3.05) is 13.1 Å². The number of hydrogen-bond donors (Lipinski definition) is 0. The maximum Gasteiger partial charge on any atom is 0.243 e. The maximum absolute atomic E-state index is 13.4. The number of aromatic nitrogens is 2. The Bertz CT molecular complexity index is 1370. The fourth-order valence-electron chi connectivity index (χ4n) is 3.56. The molecule has 0 bridgehead atoms. The van der Waals surface area contributed by atoms with Crippen molar-refractivity contribution in [1.29, 1.82) is 0 Å². The van der Waals surface area contributed by atoms with Gasteiger partial charge in [0, 0.05) is 23.9 Å². The van der Waals surface area contributed by atoms with Crippen molar-refractivity contribution in [2.24, 2.45) is 0 Å². The molecule has 2 aromatic carbocycles. The van der Waals surface area contributed by atoms with Gasteiger partial charge in [0.15, 0.2) is 5.16 Å². The van der Waals surface area contributed by atoms with Gasteiger partial charge in [0.05, 0.1) is 28.7 Å². The Morgan fingerprint density at radius 2 is 1.94 bits per heavy atom. The lowest BCUT2D eigenvalue weighted by atomic mass is 10.2. The molecule has 0 saturated heterocycles. The van der Waals surface area contributed by atoms with Crippen molar-refractivity contribution in [2.45, 2.75) is 36.2 Å². The second-order valence-corrected chi connectivity index (χ2v) is 10.6. The molecule has 174 valence electrons. The molecule has 0 fully saturated rings. The molecule has 33 heavy (non-hydrogen) atoms. The summed E-state index contributed by atoms with van der Waals surface area (Å²) in [5.74, 6) is 0.835. The largest absolute Gasteiger partial charge is 0.467 e. The minimum Gasteiger partial charge on any atom is -0.467 e. The van der Waals surface area contributed by atoms with Crippen LogP contribution in [0.1, 0.15) is 25.2 Å². The molecule has 4 rings (SSSR count). The Morgan fingerprint density at radius 1 is 1.15 bits per heavy atom. The summed E-state index contributed by atoms with van der Waals surface area (Å²) in [6, 6.07) is 13.0. The molecule has 0 spiro atoms. The van der Waals surface area contributed by atoms with Crippen LogP contribution in [-0.4, -0.2) is 35.4 Å². The van der Waals surface area contributed by atoms with Gasteiger partial charge in [-0.15, -0.1) is 0 Å². The van der Waals surface area contributed by atoms with Crippen molar-refractivity contribution in [3.05, 3.63) is 77.0 Å². The molecule has 0 aliphatic carbocycles. The molecule has 0 aliphatic heterocycles. The van der Waals surface area contributed by atoms with E-state index in [9.17, 15) is 12.8 Å². The molecule has 0 aliphatic rings. The van der Waals surface area contributed by atoms with E-state index < -0.39 is 10.0 Å². The second kappa shape index (κ2) is 9.89. The summed E-state index contributed by atoms with van der Waals surface area (Å²) < 4.78 is 48.3. The van der Waals surface area contributed by atoms with E-state index in [1.165, 1.54) is 28.2 Å². The van der Waals surface area contributed by atoms with Crippen LogP contribution in [0.15, 0.2) is 69.3 Å². The molecule has 0 amide bonds. The van der Waals surface area contributed by atoms with Gasteiger partial charge >= 0.3 is 0 Å². The summed E-state index contributed by atoms with van der Waals surface area (Å²) in [6.45, 7) is 4.85. The molecular weight excluding hydrogens is 485 g/mol. The average molecular weight is 508 g/mol. The number of halogens is 2. The smallest absolute Gasteiger partial charge is 0.243 e. The number of imidazole rings is 1. The highest BCUT2D eigenvalue weighted by Crippen LogP contribution is 2.31. The number of fused-ring (bicyclic) bond motifs is 1. The first kappa shape index (κ1) is 23.8. The summed E-state index contributed by atoms with van der Waals surface area (Å²) >= 11 is 7.63. The van der Waals surface area contributed by atoms with Gasteiger partial charge in [-0.05, 0) is 48.0 Å². The first-order valence-corrected chi connectivity index (χ1v) is 13.2. The quantitative estimate of drug-likeness (QED) is 0.268. The normalized spacial score (nSPS) is 12.2. The molecular formula is C23H23ClFN3O3S2. The molecule has 6 nitrogen and oxygen atoms in total. The van der Waals surface area contributed by atoms with Crippen molar-refractivity contribution < 1.29 is 17.2 Å². The van der Waals surface area contributed by atoms with Crippen LogP contribution in [0.2, 0.25) is 5.02 Å². The molecule has 2 heterocycles. The molecule has 0 N–H and O–H groups in total. The third-order valence-electron chi connectivity index (χ3n) is 5.29. The van der Waals surface area contributed by atoms with Crippen molar-refractivity contribution in [3.8, 4) is 0 Å². The third kappa shape index (κ3) is 4.96. The van der Waals surface area contributed by atoms with E-state index >= 15 is 0 Å². The van der Waals surface area contributed by atoms with E-state index in [1.807, 2.05) is 30.5 Å². The van der Waals surface area contributed by atoms with Gasteiger partial charge in [-0.2, -0.15) is 4.31 Å². The van der Waals surface area contributed by atoms with Crippen LogP contribution >= 0.6 is 23.4 Å². The minimum absolute atomic E-state index is 0.208. The Hall–Kier alpha value is -2.33. The van der Waals surface area contributed by atoms with Crippen molar-refractivity contribution in [3.63, 3.8) is 0 Å². The predicted molar refractivity (Wildman–Crippen MR) is 129 cm³/mol. The van der Waals surface area contributed by atoms with Gasteiger partial charge < -0.3 is 8.98 Å². The maximum atomic E-state index is 13.4. The van der Waals surface area contributed by atoms with Gasteiger partial charge in [0.25, 0.3) is 0 Å². The highest BCUT2D eigenvalue weighted by Gasteiger charge is 2.23. The van der Waals surface area contributed by atoms with Crippen LogP contribution in [0.5, 0.6) is 0 Å². The summed E-state index contributed by atoms with van der Waals surface area (Å²) in [4.78, 5) is 4.93. The van der Waals surface area contributed by atoms with Gasteiger partial charge in [-0.25, -0.2) is 17.8 Å². The SMILES string of the molecule is CCN(CC)S(=O)(=O)c1ccc2c(c1)nc(SCc1ccc(F)cc1Cl)n2Cc1ccco1. The summed E-state index contributed by atoms with van der Waals surface area (Å²) in [5.41, 5.74) is 2.14. The van der Waals surface area contributed by atoms with E-state index in [4.69, 9.17) is 21.0 Å². The van der Waals surface area contributed by atoms with E-state index in [0.29, 0.717) is 41.1 Å². The number of sulfonamides is 1. The van der Waals surface area contributed by atoms with E-state index in [-0.39, 0.29) is 10.7 Å². The van der Waals surface area contributed by atoms with Crippen molar-refractivity contribution >= 4 is 44.4 Å². The van der Waals surface area contributed by atoms with E-state index in [1.54, 1.807) is 30.5 Å². The minimum atomic E-state index is -3.61. The van der Waals surface area contributed by atoms with Crippen LogP contribution < -0.4 is 0 Å². The van der Waals surface area contributed by atoms with E-state index in [0.717, 1.165) is 16.8 Å². The van der Waals surface area contributed by atoms with Gasteiger partial charge in [0.2, 0.25) is 10.0 Å². The summed E-state index contributed by atoms with van der Waals surface area (Å²) in [6.07, 6.45) is 1.61. The lowest BCUT2D eigenvalue weighted by Crippen LogP contribution is -2.30. The number of hydrogen-bond acceptors (Lipinski definition) is 5. The standard InChI is InChI=1S/C23H23ClFN3O3S2/c1-3-27(4-2)33(29,30)19-9-10-22-21(13-19)26-23(28(22)14-18-6-5-11-31-18)32-15-16-7-8-17(25)12-20(16)24/h5-13H,3-4,14-15H2,1-2H3. The summed E-state index contributed by atoms with van der Waals surface area (Å²) in [5, 5.41) is 1.03. The van der Waals surface area contributed by atoms with Crippen LogP contribution in [-0.2, 0) is 22.3 Å². The Balaban J connectivity index is 1.73. The first-order chi connectivity index (χ1) is 15.8. The molecule has 2 aromatic heterocycles. The number of rotatable bonds is 9. The monoisotopic (exact) mass is 507 g/mol. The molecule has 0 unspecified atom stereocenters. The van der Waals surface area contributed by atoms with E-state index in [2.05, 4.69) is 0 Å². The topological polar surface area (TPSA) is 68.3 Å². The molecule has 0 radical (unpaired) electrons. The lowest BCUT2D eigenvalue weighted by Gasteiger charge is -2.18. The summed E-state index contributed by atoms with van der Waals surface area (Å²) in [7, 11) is -3.61. The highest BCUT2D eigenvalue weighted by atomic mass is 35.5. The second-order valence-electron chi connectivity index (χ2n) is 7.32. The van der Waals surface area contributed by atoms with Crippen LogP contribution in [0.25, 0.3) is 11.0 Å². The average Bonchev–Trinajstić information content (AvgIpc) is 3.42. The number of furan rings is 1. The van der Waals surface area contributed by atoms with Crippen molar-refractivity contribution in [1.82, 2.24) is 13.9 Å². The van der Waals surface area contributed by atoms with Gasteiger partial charge in [0.1, 0.15) is 11.6 Å².